The number of aryl methyl sites for hydroxylation is 4. The van der Waals surface area contributed by atoms with Gasteiger partial charge in [0.15, 0.2) is 0 Å². The minimum Gasteiger partial charge on any atom is -0.481 e. The summed E-state index contributed by atoms with van der Waals surface area (Å²) in [4.78, 5) is 18.0. The zero-order valence-corrected chi connectivity index (χ0v) is 20.2. The van der Waals surface area contributed by atoms with E-state index in [0.717, 1.165) is 42.4 Å². The molecule has 2 aromatic carbocycles. The highest BCUT2D eigenvalue weighted by Crippen LogP contribution is 2.32. The van der Waals surface area contributed by atoms with Crippen molar-refractivity contribution in [2.24, 2.45) is 0 Å². The summed E-state index contributed by atoms with van der Waals surface area (Å²) in [6.45, 7) is 5.10. The van der Waals surface area contributed by atoms with Gasteiger partial charge in [-0.05, 0) is 61.4 Å². The Morgan fingerprint density at radius 2 is 1.56 bits per heavy atom. The van der Waals surface area contributed by atoms with Crippen LogP contribution in [0.4, 0.5) is 5.82 Å². The third kappa shape index (κ3) is 7.21. The fraction of sp³-hybridized carbons (Fsp3) is 0.320. The Labute approximate surface area is 199 Å². The average Bonchev–Trinajstić information content (AvgIpc) is 3.23. The monoisotopic (exact) mass is 473 g/mol. The molecule has 5 nitrogen and oxygen atoms in total. The van der Waals surface area contributed by atoms with E-state index in [4.69, 9.17) is 38.8 Å². The Morgan fingerprint density at radius 1 is 1.00 bits per heavy atom. The van der Waals surface area contributed by atoms with E-state index in [2.05, 4.69) is 34.2 Å². The molecule has 0 bridgehead atoms. The van der Waals surface area contributed by atoms with E-state index < -0.39 is 5.97 Å². The number of carboxylic acids is 1. The molecule has 0 amide bonds. The molecule has 0 saturated heterocycles. The van der Waals surface area contributed by atoms with Crippen LogP contribution in [-0.4, -0.2) is 21.0 Å². The van der Waals surface area contributed by atoms with Crippen LogP contribution in [0.1, 0.15) is 49.7 Å². The molecule has 0 aliphatic heterocycles. The predicted octanol–water partition coefficient (Wildman–Crippen LogP) is 6.42. The SMILES string of the molecule is CC(=O)O.CCc1nc(-c2ccc(Cl)cc2Cl)c(CC)nc1N.c1ccc2c(c1)CCC2. The summed E-state index contributed by atoms with van der Waals surface area (Å²) in [5, 5.41) is 8.59. The summed E-state index contributed by atoms with van der Waals surface area (Å²) in [7, 11) is 0. The van der Waals surface area contributed by atoms with E-state index in [-0.39, 0.29) is 0 Å². The van der Waals surface area contributed by atoms with Gasteiger partial charge in [-0.15, -0.1) is 0 Å². The molecule has 0 radical (unpaired) electrons. The van der Waals surface area contributed by atoms with E-state index in [1.165, 1.54) is 19.3 Å². The molecule has 0 unspecified atom stereocenters. The maximum absolute atomic E-state index is 9.00. The predicted molar refractivity (Wildman–Crippen MR) is 132 cm³/mol. The molecular weight excluding hydrogens is 445 g/mol. The molecule has 170 valence electrons. The largest absolute Gasteiger partial charge is 0.481 e. The lowest BCUT2D eigenvalue weighted by atomic mass is 10.1. The summed E-state index contributed by atoms with van der Waals surface area (Å²) in [5.74, 6) is -0.340. The molecule has 1 aliphatic rings. The summed E-state index contributed by atoms with van der Waals surface area (Å²) in [5.41, 5.74) is 12.3. The number of anilines is 1. The Morgan fingerprint density at radius 3 is 2.06 bits per heavy atom. The van der Waals surface area contributed by atoms with E-state index >= 15 is 0 Å². The van der Waals surface area contributed by atoms with Gasteiger partial charge in [0.2, 0.25) is 0 Å². The summed E-state index contributed by atoms with van der Waals surface area (Å²) < 4.78 is 0. The van der Waals surface area contributed by atoms with E-state index in [0.29, 0.717) is 15.9 Å². The van der Waals surface area contributed by atoms with Crippen molar-refractivity contribution >= 4 is 35.0 Å². The normalized spacial score (nSPS) is 11.5. The molecule has 0 spiro atoms. The van der Waals surface area contributed by atoms with Crippen LogP contribution in [-0.2, 0) is 30.5 Å². The van der Waals surface area contributed by atoms with Crippen LogP contribution in [0.5, 0.6) is 0 Å². The number of nitrogen functional groups attached to an aromatic ring is 1. The van der Waals surface area contributed by atoms with Crippen molar-refractivity contribution in [2.45, 2.75) is 52.9 Å². The molecule has 1 aliphatic carbocycles. The maximum atomic E-state index is 9.00. The highest BCUT2D eigenvalue weighted by molar-refractivity contribution is 6.36. The number of benzene rings is 2. The number of carbonyl (C=O) groups is 1. The topological polar surface area (TPSA) is 89.1 Å². The molecule has 0 saturated carbocycles. The Balaban J connectivity index is 0.000000229. The van der Waals surface area contributed by atoms with Crippen molar-refractivity contribution in [3.63, 3.8) is 0 Å². The number of nitrogens with zero attached hydrogens (tertiary/aromatic N) is 2. The second-order valence-electron chi connectivity index (χ2n) is 7.32. The van der Waals surface area contributed by atoms with E-state index in [9.17, 15) is 0 Å². The van der Waals surface area contributed by atoms with Crippen LogP contribution in [0, 0.1) is 0 Å². The van der Waals surface area contributed by atoms with Crippen LogP contribution in [0.15, 0.2) is 42.5 Å². The van der Waals surface area contributed by atoms with Gasteiger partial charge in [0, 0.05) is 17.5 Å². The van der Waals surface area contributed by atoms with Gasteiger partial charge < -0.3 is 10.8 Å². The minimum absolute atomic E-state index is 0.494. The zero-order valence-electron chi connectivity index (χ0n) is 18.7. The molecule has 1 heterocycles. The second kappa shape index (κ2) is 12.4. The van der Waals surface area contributed by atoms with Crippen LogP contribution in [0.3, 0.4) is 0 Å². The third-order valence-corrected chi connectivity index (χ3v) is 5.49. The number of hydrogen-bond donors (Lipinski definition) is 2. The number of halogens is 2. The molecular formula is C25H29Cl2N3O2. The van der Waals surface area contributed by atoms with Crippen molar-refractivity contribution in [2.75, 3.05) is 5.73 Å². The standard InChI is InChI=1S/C14H15Cl2N3.C9H10.C2H4O2/c1-3-11-13(18-12(4-2)14(17)19-11)9-6-5-8(15)7-10(9)16;1-2-5-9-7-3-6-8(9)4-1;1-2(3)4/h5-7H,3-4H2,1-2H3,(H2,17,19);1-2,4-5H,3,6-7H2;1H3,(H,3,4). The fourth-order valence-electron chi connectivity index (χ4n) is 3.44. The van der Waals surface area contributed by atoms with E-state index in [1.54, 1.807) is 23.3 Å². The third-order valence-electron chi connectivity index (χ3n) is 4.94. The quantitative estimate of drug-likeness (QED) is 0.457. The van der Waals surface area contributed by atoms with Crippen molar-refractivity contribution < 1.29 is 9.90 Å². The van der Waals surface area contributed by atoms with Crippen molar-refractivity contribution in [1.82, 2.24) is 9.97 Å². The van der Waals surface area contributed by atoms with Gasteiger partial charge in [-0.3, -0.25) is 4.79 Å². The molecule has 7 heteroatoms. The van der Waals surface area contributed by atoms with Gasteiger partial charge in [-0.2, -0.15) is 0 Å². The zero-order chi connectivity index (χ0) is 23.7. The van der Waals surface area contributed by atoms with Gasteiger partial charge in [-0.25, -0.2) is 9.97 Å². The Hall–Kier alpha value is -2.63. The second-order valence-corrected chi connectivity index (χ2v) is 8.17. The van der Waals surface area contributed by atoms with Gasteiger partial charge >= 0.3 is 0 Å². The van der Waals surface area contributed by atoms with Crippen LogP contribution >= 0.6 is 23.2 Å². The van der Waals surface area contributed by atoms with Crippen molar-refractivity contribution in [1.29, 1.82) is 0 Å². The molecule has 32 heavy (non-hydrogen) atoms. The number of carboxylic acid groups (broad SMARTS) is 1. The lowest BCUT2D eigenvalue weighted by molar-refractivity contribution is -0.134. The molecule has 0 fully saturated rings. The number of hydrogen-bond acceptors (Lipinski definition) is 4. The first-order valence-corrected chi connectivity index (χ1v) is 11.4. The smallest absolute Gasteiger partial charge is 0.300 e. The maximum Gasteiger partial charge on any atom is 0.300 e. The minimum atomic E-state index is -0.833. The van der Waals surface area contributed by atoms with E-state index in [1.807, 2.05) is 19.9 Å². The molecule has 1 aromatic heterocycles. The lowest BCUT2D eigenvalue weighted by Crippen LogP contribution is -2.06. The first-order valence-electron chi connectivity index (χ1n) is 10.6. The van der Waals surface area contributed by atoms with Gasteiger partial charge in [0.1, 0.15) is 5.82 Å². The van der Waals surface area contributed by atoms with Crippen LogP contribution in [0.25, 0.3) is 11.3 Å². The van der Waals surface area contributed by atoms with Crippen molar-refractivity contribution in [3.05, 3.63) is 75.0 Å². The number of aliphatic carboxylic acids is 1. The molecule has 4 rings (SSSR count). The van der Waals surface area contributed by atoms with Crippen molar-refractivity contribution in [3.8, 4) is 11.3 Å². The fourth-order valence-corrected chi connectivity index (χ4v) is 3.94. The molecule has 3 aromatic rings. The van der Waals surface area contributed by atoms with Crippen LogP contribution < -0.4 is 5.73 Å². The molecule has 0 atom stereocenters. The lowest BCUT2D eigenvalue weighted by Gasteiger charge is -2.12. The summed E-state index contributed by atoms with van der Waals surface area (Å²) >= 11 is 12.2. The first-order chi connectivity index (χ1) is 15.3. The number of rotatable bonds is 3. The number of aromatic nitrogens is 2. The molecule has 3 N–H and O–H groups in total. The Bertz CT molecular complexity index is 1040. The van der Waals surface area contributed by atoms with Gasteiger partial charge in [-0.1, -0.05) is 61.3 Å². The van der Waals surface area contributed by atoms with Crippen LogP contribution in [0.2, 0.25) is 10.0 Å². The Kier molecular flexibility index (Phi) is 9.95. The summed E-state index contributed by atoms with van der Waals surface area (Å²) in [6, 6.07) is 14.1. The number of nitrogens with two attached hydrogens (primary N) is 1. The highest BCUT2D eigenvalue weighted by atomic mass is 35.5. The van der Waals surface area contributed by atoms with Gasteiger partial charge in [0.25, 0.3) is 5.97 Å². The highest BCUT2D eigenvalue weighted by Gasteiger charge is 2.14. The first kappa shape index (κ1) is 25.6. The summed E-state index contributed by atoms with van der Waals surface area (Å²) in [6.07, 6.45) is 5.45. The average molecular weight is 474 g/mol. The number of fused-ring (bicyclic) bond motifs is 1. The van der Waals surface area contributed by atoms with Gasteiger partial charge in [0.05, 0.1) is 22.1 Å².